The molecule has 1 N–H and O–H groups in total. The van der Waals surface area contributed by atoms with Gasteiger partial charge in [-0.1, -0.05) is 18.2 Å². The summed E-state index contributed by atoms with van der Waals surface area (Å²) in [7, 11) is -3.92. The number of esters is 1. The molecule has 1 fully saturated rings. The number of sulfonamides is 1. The molecule has 0 spiro atoms. The molecule has 3 rings (SSSR count). The Morgan fingerprint density at radius 2 is 1.70 bits per heavy atom. The van der Waals surface area contributed by atoms with Crippen molar-refractivity contribution in [3.8, 4) is 5.75 Å². The van der Waals surface area contributed by atoms with E-state index in [1.807, 2.05) is 0 Å². The number of amides is 1. The molecule has 1 aliphatic heterocycles. The zero-order valence-electron chi connectivity index (χ0n) is 17.2. The van der Waals surface area contributed by atoms with Crippen LogP contribution in [0.3, 0.4) is 0 Å². The Kier molecular flexibility index (Phi) is 7.59. The number of nitrogens with zero attached hydrogens (tertiary/aromatic N) is 1. The average molecular weight is 486 g/mol. The molecule has 1 unspecified atom stereocenters. The molecule has 1 heterocycles. The second-order valence-electron chi connectivity index (χ2n) is 7.17. The first kappa shape index (κ1) is 24.5. The minimum atomic E-state index is -4.83. The van der Waals surface area contributed by atoms with Crippen LogP contribution in [0.4, 0.5) is 18.9 Å². The Balaban J connectivity index is 1.58. The van der Waals surface area contributed by atoms with Gasteiger partial charge in [-0.15, -0.1) is 13.2 Å². The van der Waals surface area contributed by atoms with Crippen LogP contribution in [-0.4, -0.2) is 50.2 Å². The van der Waals surface area contributed by atoms with Gasteiger partial charge in [0.05, 0.1) is 4.90 Å². The van der Waals surface area contributed by atoms with Gasteiger partial charge in [0.1, 0.15) is 11.8 Å². The summed E-state index contributed by atoms with van der Waals surface area (Å²) < 4.78 is 72.4. The van der Waals surface area contributed by atoms with Gasteiger partial charge in [-0.05, 0) is 55.7 Å². The number of carbonyl (C=O) groups excluding carboxylic acids is 2. The quantitative estimate of drug-likeness (QED) is 0.603. The molecule has 0 radical (unpaired) electrons. The van der Waals surface area contributed by atoms with Crippen molar-refractivity contribution in [1.82, 2.24) is 4.31 Å². The number of nitrogens with one attached hydrogen (secondary N) is 1. The fourth-order valence-corrected chi connectivity index (χ4v) is 4.99. The van der Waals surface area contributed by atoms with Gasteiger partial charge in [0.25, 0.3) is 5.91 Å². The monoisotopic (exact) mass is 486 g/mol. The van der Waals surface area contributed by atoms with Crippen LogP contribution in [0.2, 0.25) is 0 Å². The van der Waals surface area contributed by atoms with E-state index in [9.17, 15) is 31.2 Å². The maximum absolute atomic E-state index is 13.0. The van der Waals surface area contributed by atoms with Crippen molar-refractivity contribution in [1.29, 1.82) is 0 Å². The van der Waals surface area contributed by atoms with Crippen molar-refractivity contribution in [3.05, 3.63) is 54.6 Å². The minimum absolute atomic E-state index is 0.0559. The number of benzene rings is 2. The molecule has 1 saturated heterocycles. The molecule has 2 aromatic rings. The number of halogens is 3. The molecule has 12 heteroatoms. The lowest BCUT2D eigenvalue weighted by Crippen LogP contribution is -2.48. The average Bonchev–Trinajstić information content (AvgIpc) is 2.78. The highest BCUT2D eigenvalue weighted by atomic mass is 32.2. The Hall–Kier alpha value is -3.12. The first-order valence-electron chi connectivity index (χ1n) is 9.95. The SMILES string of the molecule is O=C(COC(=O)C1CCCCN1S(=O)(=O)c1ccccc1)Nc1ccc(OC(F)(F)F)cc1. The summed E-state index contributed by atoms with van der Waals surface area (Å²) in [5.41, 5.74) is 0.163. The van der Waals surface area contributed by atoms with Crippen LogP contribution >= 0.6 is 0 Å². The Bertz CT molecular complexity index is 1080. The summed E-state index contributed by atoms with van der Waals surface area (Å²) in [6, 6.07) is 11.1. The Labute approximate surface area is 188 Å². The van der Waals surface area contributed by atoms with Crippen molar-refractivity contribution < 1.29 is 40.7 Å². The standard InChI is InChI=1S/C21H21F3N2O6S/c22-21(23,24)32-16-11-9-15(10-12-16)25-19(27)14-31-20(28)18-8-4-5-13-26(18)33(29,30)17-6-2-1-3-7-17/h1-3,6-7,9-12,18H,4-5,8,13-14H2,(H,25,27). The van der Waals surface area contributed by atoms with E-state index in [0.29, 0.717) is 12.8 Å². The number of hydrogen-bond donors (Lipinski definition) is 1. The van der Waals surface area contributed by atoms with E-state index in [-0.39, 0.29) is 23.5 Å². The minimum Gasteiger partial charge on any atom is -0.454 e. The number of rotatable bonds is 7. The van der Waals surface area contributed by atoms with Crippen molar-refractivity contribution in [2.45, 2.75) is 36.6 Å². The van der Waals surface area contributed by atoms with Gasteiger partial charge in [0.2, 0.25) is 10.0 Å². The third-order valence-electron chi connectivity index (χ3n) is 4.79. The maximum Gasteiger partial charge on any atom is 0.573 e. The first-order valence-corrected chi connectivity index (χ1v) is 11.4. The van der Waals surface area contributed by atoms with E-state index in [0.717, 1.165) is 16.4 Å². The van der Waals surface area contributed by atoms with Gasteiger partial charge in [-0.25, -0.2) is 8.42 Å². The molecule has 178 valence electrons. The summed E-state index contributed by atoms with van der Waals surface area (Å²) in [5.74, 6) is -2.04. The van der Waals surface area contributed by atoms with Gasteiger partial charge >= 0.3 is 12.3 Å². The molecule has 1 amide bonds. The zero-order valence-corrected chi connectivity index (χ0v) is 18.1. The van der Waals surface area contributed by atoms with Crippen molar-refractivity contribution in [2.75, 3.05) is 18.5 Å². The molecule has 0 bridgehead atoms. The van der Waals surface area contributed by atoms with Gasteiger partial charge < -0.3 is 14.8 Å². The molecule has 1 aliphatic rings. The normalized spacial score (nSPS) is 17.2. The number of carbonyl (C=O) groups is 2. The van der Waals surface area contributed by atoms with Crippen LogP contribution in [0.25, 0.3) is 0 Å². The Morgan fingerprint density at radius 3 is 2.33 bits per heavy atom. The fraction of sp³-hybridized carbons (Fsp3) is 0.333. The van der Waals surface area contributed by atoms with Crippen molar-refractivity contribution in [2.24, 2.45) is 0 Å². The van der Waals surface area contributed by atoms with Crippen LogP contribution in [0.15, 0.2) is 59.5 Å². The molecule has 33 heavy (non-hydrogen) atoms. The lowest BCUT2D eigenvalue weighted by atomic mass is 10.1. The van der Waals surface area contributed by atoms with Crippen LogP contribution < -0.4 is 10.1 Å². The predicted octanol–water partition coefficient (Wildman–Crippen LogP) is 3.31. The van der Waals surface area contributed by atoms with Crippen molar-refractivity contribution in [3.63, 3.8) is 0 Å². The van der Waals surface area contributed by atoms with Gasteiger partial charge in [-0.2, -0.15) is 4.31 Å². The van der Waals surface area contributed by atoms with Crippen molar-refractivity contribution >= 4 is 27.6 Å². The third-order valence-corrected chi connectivity index (χ3v) is 6.72. The van der Waals surface area contributed by atoms with E-state index < -0.39 is 46.7 Å². The van der Waals surface area contributed by atoms with E-state index in [4.69, 9.17) is 4.74 Å². The van der Waals surface area contributed by atoms with Crippen LogP contribution in [0.1, 0.15) is 19.3 Å². The summed E-state index contributed by atoms with van der Waals surface area (Å²) in [4.78, 5) is 24.7. The summed E-state index contributed by atoms with van der Waals surface area (Å²) in [6.45, 7) is -0.537. The lowest BCUT2D eigenvalue weighted by Gasteiger charge is -2.32. The number of alkyl halides is 3. The second kappa shape index (κ2) is 10.2. The summed E-state index contributed by atoms with van der Waals surface area (Å²) >= 11 is 0. The molecular formula is C21H21F3N2O6S. The van der Waals surface area contributed by atoms with E-state index >= 15 is 0 Å². The van der Waals surface area contributed by atoms with Gasteiger partial charge in [-0.3, -0.25) is 9.59 Å². The zero-order chi connectivity index (χ0) is 24.1. The smallest absolute Gasteiger partial charge is 0.454 e. The fourth-order valence-electron chi connectivity index (χ4n) is 3.33. The number of piperidine rings is 1. The van der Waals surface area contributed by atoms with Crippen LogP contribution in [0.5, 0.6) is 5.75 Å². The molecule has 8 nitrogen and oxygen atoms in total. The van der Waals surface area contributed by atoms with E-state index in [1.54, 1.807) is 18.2 Å². The molecule has 0 saturated carbocycles. The molecule has 1 atom stereocenters. The molecular weight excluding hydrogens is 465 g/mol. The first-order chi connectivity index (χ1) is 15.6. The Morgan fingerprint density at radius 1 is 1.03 bits per heavy atom. The number of anilines is 1. The highest BCUT2D eigenvalue weighted by molar-refractivity contribution is 7.89. The molecule has 2 aromatic carbocycles. The third kappa shape index (κ3) is 6.68. The second-order valence-corrected chi connectivity index (χ2v) is 9.06. The van der Waals surface area contributed by atoms with Crippen LogP contribution in [-0.2, 0) is 24.3 Å². The number of hydrogen-bond acceptors (Lipinski definition) is 6. The van der Waals surface area contributed by atoms with E-state index in [1.165, 1.54) is 24.3 Å². The molecule has 0 aromatic heterocycles. The summed E-state index contributed by atoms with van der Waals surface area (Å²) in [5, 5.41) is 2.37. The molecule has 0 aliphatic carbocycles. The topological polar surface area (TPSA) is 102 Å². The number of ether oxygens (including phenoxy) is 2. The highest BCUT2D eigenvalue weighted by Crippen LogP contribution is 2.26. The largest absolute Gasteiger partial charge is 0.573 e. The lowest BCUT2D eigenvalue weighted by molar-refractivity contribution is -0.274. The van der Waals surface area contributed by atoms with Crippen LogP contribution in [0, 0.1) is 0 Å². The van der Waals surface area contributed by atoms with Gasteiger partial charge in [0, 0.05) is 12.2 Å². The summed E-state index contributed by atoms with van der Waals surface area (Å²) in [6.07, 6.45) is -3.36. The van der Waals surface area contributed by atoms with E-state index in [2.05, 4.69) is 10.1 Å². The maximum atomic E-state index is 13.0. The predicted molar refractivity (Wildman–Crippen MR) is 111 cm³/mol. The highest BCUT2D eigenvalue weighted by Gasteiger charge is 2.38. The van der Waals surface area contributed by atoms with Gasteiger partial charge in [0.15, 0.2) is 6.61 Å².